The summed E-state index contributed by atoms with van der Waals surface area (Å²) in [5, 5.41) is 13.8. The number of anilines is 1. The number of benzene rings is 1. The number of aryl methyl sites for hydroxylation is 2. The fraction of sp³-hybridized carbons (Fsp3) is 0.286. The number of rotatable bonds is 4. The SMILES string of the molecule is Cc1cc(C(C)Nc2cc(F)cc(F)c2[N+](=O)[O-])c(C)s1. The van der Waals surface area contributed by atoms with E-state index in [2.05, 4.69) is 5.32 Å². The van der Waals surface area contributed by atoms with Crippen LogP contribution >= 0.6 is 11.3 Å². The Morgan fingerprint density at radius 1 is 1.29 bits per heavy atom. The minimum Gasteiger partial charge on any atom is -0.373 e. The molecule has 1 unspecified atom stereocenters. The summed E-state index contributed by atoms with van der Waals surface area (Å²) in [5.74, 6) is -2.04. The van der Waals surface area contributed by atoms with E-state index in [-0.39, 0.29) is 11.7 Å². The van der Waals surface area contributed by atoms with Crippen molar-refractivity contribution in [2.45, 2.75) is 26.8 Å². The minimum atomic E-state index is -1.19. The van der Waals surface area contributed by atoms with Gasteiger partial charge >= 0.3 is 5.69 Å². The number of hydrogen-bond donors (Lipinski definition) is 1. The maximum absolute atomic E-state index is 13.6. The van der Waals surface area contributed by atoms with Gasteiger partial charge in [0, 0.05) is 27.9 Å². The standard InChI is InChI=1S/C14H14F2N2O2S/c1-7-4-11(9(3)21-7)8(2)17-13-6-10(15)5-12(16)14(13)18(19)20/h4-6,8,17H,1-3H3. The topological polar surface area (TPSA) is 55.2 Å². The highest BCUT2D eigenvalue weighted by molar-refractivity contribution is 7.12. The molecule has 1 N–H and O–H groups in total. The van der Waals surface area contributed by atoms with Gasteiger partial charge in [-0.1, -0.05) is 0 Å². The van der Waals surface area contributed by atoms with Gasteiger partial charge in [-0.25, -0.2) is 4.39 Å². The molecule has 1 heterocycles. The summed E-state index contributed by atoms with van der Waals surface area (Å²) in [4.78, 5) is 12.3. The van der Waals surface area contributed by atoms with E-state index >= 15 is 0 Å². The zero-order chi connectivity index (χ0) is 15.7. The molecule has 21 heavy (non-hydrogen) atoms. The fourth-order valence-electron chi connectivity index (χ4n) is 2.25. The van der Waals surface area contributed by atoms with E-state index in [1.165, 1.54) is 0 Å². The predicted octanol–water partition coefficient (Wildman–Crippen LogP) is 4.72. The first kappa shape index (κ1) is 15.4. The van der Waals surface area contributed by atoms with Crippen molar-refractivity contribution in [2.24, 2.45) is 0 Å². The van der Waals surface area contributed by atoms with E-state index in [0.717, 1.165) is 21.4 Å². The molecule has 0 aliphatic carbocycles. The molecule has 112 valence electrons. The lowest BCUT2D eigenvalue weighted by molar-refractivity contribution is -0.386. The van der Waals surface area contributed by atoms with Crippen molar-refractivity contribution < 1.29 is 13.7 Å². The quantitative estimate of drug-likeness (QED) is 0.656. The van der Waals surface area contributed by atoms with Gasteiger partial charge < -0.3 is 5.32 Å². The van der Waals surface area contributed by atoms with Crippen LogP contribution in [0.2, 0.25) is 0 Å². The van der Waals surface area contributed by atoms with E-state index in [9.17, 15) is 18.9 Å². The van der Waals surface area contributed by atoms with Gasteiger partial charge in [0.2, 0.25) is 5.82 Å². The van der Waals surface area contributed by atoms with Crippen molar-refractivity contribution in [1.82, 2.24) is 0 Å². The molecule has 0 amide bonds. The van der Waals surface area contributed by atoms with E-state index < -0.39 is 22.2 Å². The molecular formula is C14H14F2N2O2S. The molecule has 0 fully saturated rings. The molecule has 0 bridgehead atoms. The van der Waals surface area contributed by atoms with E-state index in [0.29, 0.717) is 6.07 Å². The van der Waals surface area contributed by atoms with Crippen molar-refractivity contribution in [3.63, 3.8) is 0 Å². The van der Waals surface area contributed by atoms with Crippen LogP contribution in [0.5, 0.6) is 0 Å². The summed E-state index contributed by atoms with van der Waals surface area (Å²) in [7, 11) is 0. The highest BCUT2D eigenvalue weighted by atomic mass is 32.1. The van der Waals surface area contributed by atoms with Crippen LogP contribution in [0.1, 0.15) is 28.3 Å². The molecule has 0 radical (unpaired) electrons. The Kier molecular flexibility index (Phi) is 4.22. The number of nitrogens with one attached hydrogen (secondary N) is 1. The maximum atomic E-state index is 13.6. The summed E-state index contributed by atoms with van der Waals surface area (Å²) in [5.41, 5.74) is 0.0533. The molecule has 1 aromatic heterocycles. The summed E-state index contributed by atoms with van der Waals surface area (Å²) < 4.78 is 26.9. The molecule has 1 aromatic carbocycles. The van der Waals surface area contributed by atoms with Crippen LogP contribution in [0.25, 0.3) is 0 Å². The van der Waals surface area contributed by atoms with Gasteiger partial charge in [-0.2, -0.15) is 4.39 Å². The van der Waals surface area contributed by atoms with Crippen molar-refractivity contribution in [1.29, 1.82) is 0 Å². The number of nitro benzene ring substituents is 1. The number of hydrogen-bond acceptors (Lipinski definition) is 4. The fourth-order valence-corrected chi connectivity index (χ4v) is 3.28. The molecule has 0 aliphatic rings. The van der Waals surface area contributed by atoms with E-state index in [4.69, 9.17) is 0 Å². The Morgan fingerprint density at radius 3 is 2.48 bits per heavy atom. The van der Waals surface area contributed by atoms with Crippen LogP contribution in [0, 0.1) is 35.6 Å². The van der Waals surface area contributed by atoms with Crippen LogP contribution < -0.4 is 5.32 Å². The third kappa shape index (κ3) is 3.18. The van der Waals surface area contributed by atoms with Gasteiger partial charge in [0.15, 0.2) is 0 Å². The lowest BCUT2D eigenvalue weighted by Crippen LogP contribution is -2.10. The largest absolute Gasteiger partial charge is 0.373 e. The first-order valence-electron chi connectivity index (χ1n) is 6.26. The molecule has 2 rings (SSSR count). The Labute approximate surface area is 124 Å². The molecular weight excluding hydrogens is 298 g/mol. The average Bonchev–Trinajstić information content (AvgIpc) is 2.66. The molecule has 2 aromatic rings. The normalized spacial score (nSPS) is 12.2. The Balaban J connectivity index is 2.39. The predicted molar refractivity (Wildman–Crippen MR) is 78.8 cm³/mol. The van der Waals surface area contributed by atoms with Crippen LogP contribution in [0.4, 0.5) is 20.2 Å². The first-order valence-corrected chi connectivity index (χ1v) is 7.08. The number of nitro groups is 1. The second-order valence-electron chi connectivity index (χ2n) is 4.78. The lowest BCUT2D eigenvalue weighted by Gasteiger charge is -2.15. The van der Waals surface area contributed by atoms with Gasteiger partial charge in [0.1, 0.15) is 11.5 Å². The average molecular weight is 312 g/mol. The van der Waals surface area contributed by atoms with E-state index in [1.54, 1.807) is 18.3 Å². The lowest BCUT2D eigenvalue weighted by atomic mass is 10.1. The van der Waals surface area contributed by atoms with Gasteiger partial charge in [-0.05, 0) is 32.4 Å². The molecule has 4 nitrogen and oxygen atoms in total. The van der Waals surface area contributed by atoms with Crippen molar-refractivity contribution in [3.8, 4) is 0 Å². The maximum Gasteiger partial charge on any atom is 0.327 e. The Hall–Kier alpha value is -2.02. The zero-order valence-electron chi connectivity index (χ0n) is 11.7. The van der Waals surface area contributed by atoms with Crippen LogP contribution in [-0.2, 0) is 0 Å². The van der Waals surface area contributed by atoms with Crippen LogP contribution in [-0.4, -0.2) is 4.92 Å². The summed E-state index contributed by atoms with van der Waals surface area (Å²) in [6.45, 7) is 5.69. The van der Waals surface area contributed by atoms with Gasteiger partial charge in [-0.3, -0.25) is 10.1 Å². The van der Waals surface area contributed by atoms with Crippen LogP contribution in [0.15, 0.2) is 18.2 Å². The summed E-state index contributed by atoms with van der Waals surface area (Å²) in [6, 6.07) is 3.11. The zero-order valence-corrected chi connectivity index (χ0v) is 12.6. The van der Waals surface area contributed by atoms with Gasteiger partial charge in [0.05, 0.1) is 4.92 Å². The monoisotopic (exact) mass is 312 g/mol. The number of thiophene rings is 1. The van der Waals surface area contributed by atoms with Crippen LogP contribution in [0.3, 0.4) is 0 Å². The third-order valence-electron chi connectivity index (χ3n) is 3.13. The molecule has 0 aliphatic heterocycles. The molecule has 0 saturated heterocycles. The highest BCUT2D eigenvalue weighted by Gasteiger charge is 2.24. The number of halogens is 2. The second kappa shape index (κ2) is 5.77. The van der Waals surface area contributed by atoms with Crippen molar-refractivity contribution in [2.75, 3.05) is 5.32 Å². The van der Waals surface area contributed by atoms with E-state index in [1.807, 2.05) is 19.9 Å². The first-order chi connectivity index (χ1) is 9.79. The van der Waals surface area contributed by atoms with Gasteiger partial charge in [0.25, 0.3) is 0 Å². The second-order valence-corrected chi connectivity index (χ2v) is 6.24. The molecule has 0 spiro atoms. The minimum absolute atomic E-state index is 0.159. The van der Waals surface area contributed by atoms with Gasteiger partial charge in [-0.15, -0.1) is 11.3 Å². The Morgan fingerprint density at radius 2 is 1.95 bits per heavy atom. The summed E-state index contributed by atoms with van der Waals surface area (Å²) in [6.07, 6.45) is 0. The number of nitrogens with zero attached hydrogens (tertiary/aromatic N) is 1. The molecule has 0 saturated carbocycles. The van der Waals surface area contributed by atoms with Crippen molar-refractivity contribution in [3.05, 3.63) is 55.3 Å². The summed E-state index contributed by atoms with van der Waals surface area (Å²) >= 11 is 1.60. The highest BCUT2D eigenvalue weighted by Crippen LogP contribution is 2.34. The third-order valence-corrected chi connectivity index (χ3v) is 4.11. The smallest absolute Gasteiger partial charge is 0.327 e. The van der Waals surface area contributed by atoms with Crippen molar-refractivity contribution >= 4 is 22.7 Å². The molecule has 7 heteroatoms. The molecule has 1 atom stereocenters. The Bertz CT molecular complexity index is 701.